The highest BCUT2D eigenvalue weighted by Crippen LogP contribution is 2.30. The molecular weight excluding hydrogens is 285 g/mol. The Morgan fingerprint density at radius 1 is 0.952 bits per heavy atom. The van der Waals surface area contributed by atoms with E-state index in [9.17, 15) is 18.0 Å². The van der Waals surface area contributed by atoms with Crippen LogP contribution in [-0.4, -0.2) is 13.1 Å². The van der Waals surface area contributed by atoms with Gasteiger partial charge in [-0.25, -0.2) is 4.79 Å². The van der Waals surface area contributed by atoms with Gasteiger partial charge in [0, 0.05) is 0 Å². The zero-order chi connectivity index (χ0) is 15.5. The lowest BCUT2D eigenvalue weighted by Crippen LogP contribution is -2.10. The van der Waals surface area contributed by atoms with Crippen LogP contribution in [0, 0.1) is 0 Å². The van der Waals surface area contributed by atoms with E-state index in [0.29, 0.717) is 5.75 Å². The smallest absolute Gasteiger partial charge is 0.416 e. The summed E-state index contributed by atoms with van der Waals surface area (Å²) in [5, 5.41) is 0. The third-order valence-corrected chi connectivity index (χ3v) is 2.72. The van der Waals surface area contributed by atoms with Crippen molar-refractivity contribution in [1.29, 1.82) is 0 Å². The lowest BCUT2D eigenvalue weighted by molar-refractivity contribution is -0.137. The fourth-order valence-electron chi connectivity index (χ4n) is 1.66. The molecule has 0 atom stereocenters. The molecule has 0 fully saturated rings. The number of esters is 1. The Morgan fingerprint density at radius 2 is 1.52 bits per heavy atom. The van der Waals surface area contributed by atoms with E-state index in [0.717, 1.165) is 24.3 Å². The summed E-state index contributed by atoms with van der Waals surface area (Å²) in [6.07, 6.45) is -4.44. The molecule has 2 rings (SSSR count). The largest absolute Gasteiger partial charge is 0.493 e. The van der Waals surface area contributed by atoms with Crippen molar-refractivity contribution in [3.8, 4) is 11.5 Å². The first-order valence-corrected chi connectivity index (χ1v) is 5.94. The van der Waals surface area contributed by atoms with Gasteiger partial charge in [-0.05, 0) is 36.4 Å². The molecule has 0 bridgehead atoms. The summed E-state index contributed by atoms with van der Waals surface area (Å²) in [6, 6.07) is 10.3. The van der Waals surface area contributed by atoms with Crippen LogP contribution in [0.2, 0.25) is 0 Å². The monoisotopic (exact) mass is 296 g/mol. The zero-order valence-corrected chi connectivity index (χ0v) is 11.0. The van der Waals surface area contributed by atoms with Crippen LogP contribution in [0.1, 0.15) is 15.9 Å². The Morgan fingerprint density at radius 3 is 2.05 bits per heavy atom. The molecule has 0 aromatic heterocycles. The van der Waals surface area contributed by atoms with Gasteiger partial charge in [0.05, 0.1) is 18.2 Å². The molecule has 0 aliphatic heterocycles. The Hall–Kier alpha value is -2.50. The van der Waals surface area contributed by atoms with Crippen molar-refractivity contribution in [2.75, 3.05) is 7.11 Å². The van der Waals surface area contributed by atoms with Gasteiger partial charge in [-0.1, -0.05) is 12.1 Å². The van der Waals surface area contributed by atoms with Crippen LogP contribution in [0.3, 0.4) is 0 Å². The minimum Gasteiger partial charge on any atom is -0.493 e. The summed E-state index contributed by atoms with van der Waals surface area (Å²) in [4.78, 5) is 11.9. The molecule has 6 heteroatoms. The van der Waals surface area contributed by atoms with E-state index in [1.807, 2.05) is 0 Å². The molecule has 0 aliphatic carbocycles. The number of carbonyl (C=O) groups is 1. The van der Waals surface area contributed by atoms with Gasteiger partial charge in [0.2, 0.25) is 0 Å². The second-order valence-electron chi connectivity index (χ2n) is 4.12. The van der Waals surface area contributed by atoms with Gasteiger partial charge >= 0.3 is 12.1 Å². The van der Waals surface area contributed by atoms with E-state index in [2.05, 4.69) is 0 Å². The van der Waals surface area contributed by atoms with Crippen molar-refractivity contribution in [3.05, 3.63) is 59.7 Å². The number of hydrogen-bond acceptors (Lipinski definition) is 3. The molecule has 3 nitrogen and oxygen atoms in total. The average Bonchev–Trinajstić information content (AvgIpc) is 2.47. The van der Waals surface area contributed by atoms with Crippen molar-refractivity contribution in [2.45, 2.75) is 6.18 Å². The van der Waals surface area contributed by atoms with Gasteiger partial charge in [-0.2, -0.15) is 13.2 Å². The summed E-state index contributed by atoms with van der Waals surface area (Å²) >= 11 is 0. The third-order valence-electron chi connectivity index (χ3n) is 2.72. The number of methoxy groups -OCH3 is 1. The maximum Gasteiger partial charge on any atom is 0.416 e. The molecule has 0 amide bonds. The summed E-state index contributed by atoms with van der Waals surface area (Å²) in [5.41, 5.74) is -0.801. The van der Waals surface area contributed by atoms with Crippen LogP contribution < -0.4 is 9.47 Å². The Labute approximate surface area is 118 Å². The number of alkyl halides is 3. The molecule has 21 heavy (non-hydrogen) atoms. The van der Waals surface area contributed by atoms with Crippen molar-refractivity contribution in [1.82, 2.24) is 0 Å². The predicted molar refractivity (Wildman–Crippen MR) is 69.4 cm³/mol. The Balaban J connectivity index is 2.17. The summed E-state index contributed by atoms with van der Waals surface area (Å²) in [5.74, 6) is -0.198. The van der Waals surface area contributed by atoms with Gasteiger partial charge in [-0.3, -0.25) is 0 Å². The molecule has 0 heterocycles. The highest BCUT2D eigenvalue weighted by Gasteiger charge is 2.30. The van der Waals surface area contributed by atoms with Crippen molar-refractivity contribution >= 4 is 5.97 Å². The normalized spacial score (nSPS) is 11.0. The van der Waals surface area contributed by atoms with Gasteiger partial charge < -0.3 is 9.47 Å². The second kappa shape index (κ2) is 5.87. The van der Waals surface area contributed by atoms with E-state index in [1.165, 1.54) is 13.2 Å². The predicted octanol–water partition coefficient (Wildman–Crippen LogP) is 3.93. The van der Waals surface area contributed by atoms with E-state index in [-0.39, 0.29) is 11.3 Å². The first-order valence-electron chi connectivity index (χ1n) is 5.94. The highest BCUT2D eigenvalue weighted by atomic mass is 19.4. The molecule has 0 aliphatic rings. The maximum atomic E-state index is 12.4. The van der Waals surface area contributed by atoms with Crippen LogP contribution in [-0.2, 0) is 6.18 Å². The van der Waals surface area contributed by atoms with E-state index in [1.54, 1.807) is 18.2 Å². The minimum absolute atomic E-state index is 0.0221. The molecule has 0 spiro atoms. The Kier molecular flexibility index (Phi) is 4.16. The number of hydrogen-bond donors (Lipinski definition) is 0. The quantitative estimate of drug-likeness (QED) is 0.636. The standard InChI is InChI=1S/C15H11F3O3/c1-20-12-4-2-3-5-13(12)21-14(19)10-6-8-11(9-7-10)15(16,17)18/h2-9H,1H3. The minimum atomic E-state index is -4.44. The fourth-order valence-corrected chi connectivity index (χ4v) is 1.66. The first-order chi connectivity index (χ1) is 9.91. The topological polar surface area (TPSA) is 35.5 Å². The molecule has 2 aromatic carbocycles. The third kappa shape index (κ3) is 3.53. The fraction of sp³-hybridized carbons (Fsp3) is 0.133. The van der Waals surface area contributed by atoms with Crippen LogP contribution in [0.25, 0.3) is 0 Å². The van der Waals surface area contributed by atoms with Crippen molar-refractivity contribution in [2.24, 2.45) is 0 Å². The molecule has 0 N–H and O–H groups in total. The number of ether oxygens (including phenoxy) is 2. The van der Waals surface area contributed by atoms with Crippen LogP contribution in [0.5, 0.6) is 11.5 Å². The lowest BCUT2D eigenvalue weighted by Gasteiger charge is -2.10. The molecule has 0 unspecified atom stereocenters. The van der Waals surface area contributed by atoms with Gasteiger partial charge in [0.25, 0.3) is 0 Å². The maximum absolute atomic E-state index is 12.4. The van der Waals surface area contributed by atoms with Gasteiger partial charge in [0.15, 0.2) is 11.5 Å². The van der Waals surface area contributed by atoms with Gasteiger partial charge in [-0.15, -0.1) is 0 Å². The molecule has 0 radical (unpaired) electrons. The van der Waals surface area contributed by atoms with Crippen LogP contribution in [0.15, 0.2) is 48.5 Å². The SMILES string of the molecule is COc1ccccc1OC(=O)c1ccc(C(F)(F)F)cc1. The van der Waals surface area contributed by atoms with E-state index >= 15 is 0 Å². The van der Waals surface area contributed by atoms with Gasteiger partial charge in [0.1, 0.15) is 0 Å². The molecule has 0 saturated heterocycles. The van der Waals surface area contributed by atoms with E-state index < -0.39 is 17.7 Å². The number of para-hydroxylation sites is 2. The first kappa shape index (κ1) is 14.9. The lowest BCUT2D eigenvalue weighted by atomic mass is 10.1. The van der Waals surface area contributed by atoms with Crippen molar-refractivity contribution in [3.63, 3.8) is 0 Å². The second-order valence-corrected chi connectivity index (χ2v) is 4.12. The summed E-state index contributed by atoms with van der Waals surface area (Å²) in [7, 11) is 1.42. The molecule has 110 valence electrons. The number of rotatable bonds is 3. The van der Waals surface area contributed by atoms with Crippen molar-refractivity contribution < 1.29 is 27.4 Å². The van der Waals surface area contributed by atoms with Crippen LogP contribution in [0.4, 0.5) is 13.2 Å². The zero-order valence-electron chi connectivity index (χ0n) is 11.0. The summed E-state index contributed by atoms with van der Waals surface area (Å²) < 4.78 is 47.4. The summed E-state index contributed by atoms with van der Waals surface area (Å²) in [6.45, 7) is 0. The average molecular weight is 296 g/mol. The molecule has 2 aromatic rings. The molecule has 0 saturated carbocycles. The molecular formula is C15H11F3O3. The number of carbonyl (C=O) groups excluding carboxylic acids is 1. The highest BCUT2D eigenvalue weighted by molar-refractivity contribution is 5.91. The number of halogens is 3. The number of benzene rings is 2. The Bertz CT molecular complexity index is 633. The van der Waals surface area contributed by atoms with Crippen LogP contribution >= 0.6 is 0 Å². The van der Waals surface area contributed by atoms with E-state index in [4.69, 9.17) is 9.47 Å².